The molecule has 0 saturated carbocycles. The summed E-state index contributed by atoms with van der Waals surface area (Å²) < 4.78 is 5.48. The van der Waals surface area contributed by atoms with E-state index in [1.807, 2.05) is 6.26 Å². The fourth-order valence-electron chi connectivity index (χ4n) is 2.43. The summed E-state index contributed by atoms with van der Waals surface area (Å²) in [5.74, 6) is 0.673. The summed E-state index contributed by atoms with van der Waals surface area (Å²) in [7, 11) is 0. The standard InChI is InChI=1S/C21H23ClN2O3S/c1-3-12-27-16-8-6-7-15(14-16)23-21(26)19(11-13-28-2)24-20(25)17-9-4-5-10-18(17)22/h3-10,14,19H,1,11-13H2,2H3,(H,23,26)(H,24,25). The molecule has 0 radical (unpaired) electrons. The van der Waals surface area contributed by atoms with E-state index >= 15 is 0 Å². The highest BCUT2D eigenvalue weighted by Crippen LogP contribution is 2.19. The van der Waals surface area contributed by atoms with Gasteiger partial charge in [0.2, 0.25) is 5.91 Å². The molecule has 1 unspecified atom stereocenters. The molecule has 5 nitrogen and oxygen atoms in total. The summed E-state index contributed by atoms with van der Waals surface area (Å²) in [6.07, 6.45) is 4.09. The molecule has 0 bridgehead atoms. The van der Waals surface area contributed by atoms with Crippen molar-refractivity contribution >= 4 is 40.9 Å². The lowest BCUT2D eigenvalue weighted by atomic mass is 10.1. The lowest BCUT2D eigenvalue weighted by molar-refractivity contribution is -0.118. The van der Waals surface area contributed by atoms with Gasteiger partial charge in [-0.1, -0.05) is 42.5 Å². The number of anilines is 1. The van der Waals surface area contributed by atoms with Crippen molar-refractivity contribution in [1.29, 1.82) is 0 Å². The average Bonchev–Trinajstić information content (AvgIpc) is 2.70. The van der Waals surface area contributed by atoms with Crippen molar-refractivity contribution < 1.29 is 14.3 Å². The number of carbonyl (C=O) groups excluding carboxylic acids is 2. The molecule has 148 valence electrons. The second-order valence-electron chi connectivity index (χ2n) is 5.90. The van der Waals surface area contributed by atoms with Crippen LogP contribution in [0.1, 0.15) is 16.8 Å². The number of nitrogens with one attached hydrogen (secondary N) is 2. The van der Waals surface area contributed by atoms with Crippen molar-refractivity contribution in [2.45, 2.75) is 12.5 Å². The Labute approximate surface area is 174 Å². The largest absolute Gasteiger partial charge is 0.489 e. The Hall–Kier alpha value is -2.44. The Morgan fingerprint density at radius 1 is 1.25 bits per heavy atom. The first-order valence-electron chi connectivity index (χ1n) is 8.74. The highest BCUT2D eigenvalue weighted by atomic mass is 35.5. The summed E-state index contributed by atoms with van der Waals surface area (Å²) in [5, 5.41) is 5.97. The third kappa shape index (κ3) is 6.62. The van der Waals surface area contributed by atoms with Crippen molar-refractivity contribution in [2.24, 2.45) is 0 Å². The molecular formula is C21H23ClN2O3S. The molecule has 0 aliphatic rings. The van der Waals surface area contributed by atoms with E-state index in [1.54, 1.807) is 66.4 Å². The average molecular weight is 419 g/mol. The van der Waals surface area contributed by atoms with Gasteiger partial charge in [-0.3, -0.25) is 9.59 Å². The first-order valence-corrected chi connectivity index (χ1v) is 10.5. The zero-order valence-corrected chi connectivity index (χ0v) is 17.2. The number of hydrogen-bond acceptors (Lipinski definition) is 4. The van der Waals surface area contributed by atoms with E-state index in [9.17, 15) is 9.59 Å². The zero-order valence-electron chi connectivity index (χ0n) is 15.6. The SMILES string of the molecule is C=CCOc1cccc(NC(=O)C(CCSC)NC(=O)c2ccccc2Cl)c1. The fraction of sp³-hybridized carbons (Fsp3) is 0.238. The van der Waals surface area contributed by atoms with Crippen LogP contribution < -0.4 is 15.4 Å². The molecule has 2 amide bonds. The summed E-state index contributed by atoms with van der Waals surface area (Å²) in [6, 6.07) is 13.1. The minimum absolute atomic E-state index is 0.296. The Balaban J connectivity index is 2.09. The number of amides is 2. The molecule has 2 aromatic rings. The number of thioether (sulfide) groups is 1. The van der Waals surface area contributed by atoms with Gasteiger partial charge in [-0.15, -0.1) is 0 Å². The van der Waals surface area contributed by atoms with Crippen LogP contribution in [0.3, 0.4) is 0 Å². The lowest BCUT2D eigenvalue weighted by Gasteiger charge is -2.19. The van der Waals surface area contributed by atoms with Crippen LogP contribution in [0.5, 0.6) is 5.75 Å². The molecule has 1 atom stereocenters. The van der Waals surface area contributed by atoms with Crippen LogP contribution in [0.2, 0.25) is 5.02 Å². The Bertz CT molecular complexity index is 829. The molecule has 0 fully saturated rings. The topological polar surface area (TPSA) is 67.4 Å². The van der Waals surface area contributed by atoms with E-state index in [4.69, 9.17) is 16.3 Å². The van der Waals surface area contributed by atoms with Crippen LogP contribution in [0.25, 0.3) is 0 Å². The highest BCUT2D eigenvalue weighted by molar-refractivity contribution is 7.98. The minimum Gasteiger partial charge on any atom is -0.489 e. The minimum atomic E-state index is -0.686. The molecule has 28 heavy (non-hydrogen) atoms. The molecule has 0 spiro atoms. The quantitative estimate of drug-likeness (QED) is 0.561. The molecule has 0 saturated heterocycles. The van der Waals surface area contributed by atoms with Crippen molar-refractivity contribution in [3.05, 3.63) is 71.8 Å². The van der Waals surface area contributed by atoms with Gasteiger partial charge in [-0.2, -0.15) is 11.8 Å². The molecule has 0 aromatic heterocycles. The van der Waals surface area contributed by atoms with Crippen molar-refractivity contribution in [3.8, 4) is 5.75 Å². The van der Waals surface area contributed by atoms with Crippen molar-refractivity contribution in [1.82, 2.24) is 5.32 Å². The summed E-state index contributed by atoms with van der Waals surface area (Å²) in [5.41, 5.74) is 0.929. The molecular weight excluding hydrogens is 396 g/mol. The third-order valence-corrected chi connectivity index (χ3v) is 4.79. The van der Waals surface area contributed by atoms with Crippen molar-refractivity contribution in [2.75, 3.05) is 23.9 Å². The molecule has 2 N–H and O–H groups in total. The van der Waals surface area contributed by atoms with Gasteiger partial charge in [0, 0.05) is 11.8 Å². The van der Waals surface area contributed by atoms with Crippen LogP contribution in [0, 0.1) is 0 Å². The number of benzene rings is 2. The molecule has 0 heterocycles. The van der Waals surface area contributed by atoms with E-state index in [0.717, 1.165) is 5.75 Å². The third-order valence-electron chi connectivity index (χ3n) is 3.82. The summed E-state index contributed by atoms with van der Waals surface area (Å²) in [4.78, 5) is 25.3. The van der Waals surface area contributed by atoms with Crippen molar-refractivity contribution in [3.63, 3.8) is 0 Å². The number of carbonyl (C=O) groups is 2. The van der Waals surface area contributed by atoms with E-state index in [0.29, 0.717) is 35.1 Å². The summed E-state index contributed by atoms with van der Waals surface area (Å²) >= 11 is 7.69. The second-order valence-corrected chi connectivity index (χ2v) is 7.30. The summed E-state index contributed by atoms with van der Waals surface area (Å²) in [6.45, 7) is 3.99. The first-order chi connectivity index (χ1) is 13.5. The predicted molar refractivity (Wildman–Crippen MR) is 116 cm³/mol. The zero-order chi connectivity index (χ0) is 20.4. The Kier molecular flexibility index (Phi) is 8.91. The monoisotopic (exact) mass is 418 g/mol. The van der Waals surface area contributed by atoms with Gasteiger partial charge < -0.3 is 15.4 Å². The van der Waals surface area contributed by atoms with Gasteiger partial charge >= 0.3 is 0 Å². The van der Waals surface area contributed by atoms with Gasteiger partial charge in [0.25, 0.3) is 5.91 Å². The molecule has 0 aliphatic carbocycles. The lowest BCUT2D eigenvalue weighted by Crippen LogP contribution is -2.44. The second kappa shape index (κ2) is 11.4. The number of halogens is 1. The van der Waals surface area contributed by atoms with Gasteiger partial charge in [-0.05, 0) is 42.7 Å². The Morgan fingerprint density at radius 3 is 2.75 bits per heavy atom. The van der Waals surface area contributed by atoms with Crippen LogP contribution in [0.4, 0.5) is 5.69 Å². The molecule has 2 aromatic carbocycles. The predicted octanol–water partition coefficient (Wildman–Crippen LogP) is 4.40. The first kappa shape index (κ1) is 21.9. The van der Waals surface area contributed by atoms with Crippen LogP contribution in [0.15, 0.2) is 61.2 Å². The maximum atomic E-state index is 12.8. The fourth-order valence-corrected chi connectivity index (χ4v) is 3.13. The maximum Gasteiger partial charge on any atom is 0.253 e. The van der Waals surface area contributed by atoms with Gasteiger partial charge in [0.1, 0.15) is 18.4 Å². The van der Waals surface area contributed by atoms with Gasteiger partial charge in [0.05, 0.1) is 10.6 Å². The molecule has 7 heteroatoms. The molecule has 2 rings (SSSR count). The van der Waals surface area contributed by atoms with Crippen LogP contribution in [-0.4, -0.2) is 36.5 Å². The highest BCUT2D eigenvalue weighted by Gasteiger charge is 2.22. The maximum absolute atomic E-state index is 12.8. The number of rotatable bonds is 10. The van der Waals surface area contributed by atoms with Gasteiger partial charge in [-0.25, -0.2) is 0 Å². The van der Waals surface area contributed by atoms with E-state index in [2.05, 4.69) is 17.2 Å². The van der Waals surface area contributed by atoms with Crippen LogP contribution >= 0.6 is 23.4 Å². The van der Waals surface area contributed by atoms with Gasteiger partial charge in [0.15, 0.2) is 0 Å². The van der Waals surface area contributed by atoms with E-state index in [1.165, 1.54) is 0 Å². The van der Waals surface area contributed by atoms with Crippen LogP contribution in [-0.2, 0) is 4.79 Å². The normalized spacial score (nSPS) is 11.4. The van der Waals surface area contributed by atoms with E-state index in [-0.39, 0.29) is 11.8 Å². The Morgan fingerprint density at radius 2 is 2.04 bits per heavy atom. The smallest absolute Gasteiger partial charge is 0.253 e. The number of hydrogen-bond donors (Lipinski definition) is 2. The van der Waals surface area contributed by atoms with E-state index < -0.39 is 6.04 Å². The molecule has 0 aliphatic heterocycles. The number of ether oxygens (including phenoxy) is 1.